The Kier molecular flexibility index (Phi) is 5.33. The second-order valence-electron chi connectivity index (χ2n) is 6.62. The molecule has 0 bridgehead atoms. The van der Waals surface area contributed by atoms with Crippen molar-refractivity contribution in [2.75, 3.05) is 20.6 Å². The lowest BCUT2D eigenvalue weighted by atomic mass is 10.1. The molecular weight excluding hydrogens is 320 g/mol. The summed E-state index contributed by atoms with van der Waals surface area (Å²) in [6.45, 7) is 2.63. The van der Waals surface area contributed by atoms with E-state index < -0.39 is 0 Å². The zero-order valence-corrected chi connectivity index (χ0v) is 14.9. The molecular formula is C18H24N4O3. The number of amides is 1. The predicted octanol–water partition coefficient (Wildman–Crippen LogP) is 2.03. The zero-order chi connectivity index (χ0) is 17.8. The molecule has 1 N–H and O–H groups in total. The van der Waals surface area contributed by atoms with E-state index in [-0.39, 0.29) is 12.5 Å². The molecule has 1 aliphatic rings. The fourth-order valence-corrected chi connectivity index (χ4v) is 2.80. The lowest BCUT2D eigenvalue weighted by molar-refractivity contribution is 0.0939. The van der Waals surface area contributed by atoms with E-state index in [9.17, 15) is 4.79 Å². The van der Waals surface area contributed by atoms with Crippen LogP contribution in [0.4, 0.5) is 0 Å². The van der Waals surface area contributed by atoms with E-state index in [0.717, 1.165) is 0 Å². The third-order valence-electron chi connectivity index (χ3n) is 4.36. The van der Waals surface area contributed by atoms with E-state index in [1.165, 1.54) is 12.8 Å². The van der Waals surface area contributed by atoms with Gasteiger partial charge in [-0.15, -0.1) is 0 Å². The SMILES string of the molecule is Cc1nc(COc2ccc(C(=O)NCC(C3CC3)N(C)C)cc2)no1. The zero-order valence-electron chi connectivity index (χ0n) is 14.9. The van der Waals surface area contributed by atoms with Crippen LogP contribution in [0.3, 0.4) is 0 Å². The number of nitrogens with one attached hydrogen (secondary N) is 1. The van der Waals surface area contributed by atoms with E-state index in [1.807, 2.05) is 0 Å². The van der Waals surface area contributed by atoms with Gasteiger partial charge in [0.25, 0.3) is 5.91 Å². The van der Waals surface area contributed by atoms with Gasteiger partial charge in [0.15, 0.2) is 6.61 Å². The number of rotatable bonds is 8. The first-order valence-electron chi connectivity index (χ1n) is 8.49. The number of aryl methyl sites for hydroxylation is 1. The molecule has 7 nitrogen and oxygen atoms in total. The van der Waals surface area contributed by atoms with Gasteiger partial charge in [-0.25, -0.2) is 0 Å². The van der Waals surface area contributed by atoms with Gasteiger partial charge >= 0.3 is 0 Å². The maximum atomic E-state index is 12.3. The Morgan fingerprint density at radius 2 is 2.08 bits per heavy atom. The largest absolute Gasteiger partial charge is 0.485 e. The number of carbonyl (C=O) groups is 1. The topological polar surface area (TPSA) is 80.5 Å². The highest BCUT2D eigenvalue weighted by molar-refractivity contribution is 5.94. The quantitative estimate of drug-likeness (QED) is 0.789. The van der Waals surface area contributed by atoms with Crippen LogP contribution in [0.2, 0.25) is 0 Å². The molecule has 1 saturated carbocycles. The Hall–Kier alpha value is -2.41. The Bertz CT molecular complexity index is 705. The second-order valence-corrected chi connectivity index (χ2v) is 6.62. The molecule has 7 heteroatoms. The summed E-state index contributed by atoms with van der Waals surface area (Å²) in [4.78, 5) is 18.6. The first kappa shape index (κ1) is 17.4. The van der Waals surface area contributed by atoms with Crippen LogP contribution in [0.5, 0.6) is 5.75 Å². The minimum Gasteiger partial charge on any atom is -0.485 e. The first-order valence-corrected chi connectivity index (χ1v) is 8.49. The Balaban J connectivity index is 1.49. The number of hydrogen-bond donors (Lipinski definition) is 1. The molecule has 1 aromatic carbocycles. The van der Waals surface area contributed by atoms with Gasteiger partial charge in [0, 0.05) is 25.1 Å². The average molecular weight is 344 g/mol. The summed E-state index contributed by atoms with van der Waals surface area (Å²) in [5, 5.41) is 6.80. The Morgan fingerprint density at radius 3 is 2.64 bits per heavy atom. The second kappa shape index (κ2) is 7.65. The van der Waals surface area contributed by atoms with Crippen LogP contribution in [0.25, 0.3) is 0 Å². The van der Waals surface area contributed by atoms with Crippen LogP contribution in [-0.4, -0.2) is 47.6 Å². The van der Waals surface area contributed by atoms with E-state index in [4.69, 9.17) is 9.26 Å². The van der Waals surface area contributed by atoms with Crippen molar-refractivity contribution in [3.05, 3.63) is 41.5 Å². The normalized spacial score (nSPS) is 15.2. The summed E-state index contributed by atoms with van der Waals surface area (Å²) in [6.07, 6.45) is 2.51. The highest BCUT2D eigenvalue weighted by atomic mass is 16.5. The molecule has 1 heterocycles. The van der Waals surface area contributed by atoms with Crippen molar-refractivity contribution in [2.45, 2.75) is 32.4 Å². The molecule has 1 aromatic heterocycles. The fraction of sp³-hybridized carbons (Fsp3) is 0.500. The fourth-order valence-electron chi connectivity index (χ4n) is 2.80. The molecule has 0 spiro atoms. The van der Waals surface area contributed by atoms with Gasteiger partial charge in [-0.1, -0.05) is 5.16 Å². The van der Waals surface area contributed by atoms with Crippen molar-refractivity contribution in [1.29, 1.82) is 0 Å². The molecule has 1 fully saturated rings. The molecule has 2 aromatic rings. The summed E-state index contributed by atoms with van der Waals surface area (Å²) in [5.41, 5.74) is 0.621. The maximum Gasteiger partial charge on any atom is 0.251 e. The van der Waals surface area contributed by atoms with Crippen LogP contribution in [0.15, 0.2) is 28.8 Å². The number of ether oxygens (including phenoxy) is 1. The van der Waals surface area contributed by atoms with Crippen molar-refractivity contribution in [3.8, 4) is 5.75 Å². The monoisotopic (exact) mass is 344 g/mol. The standard InChI is InChI=1S/C18H24N4O3/c1-12-20-17(21-25-12)11-24-15-8-6-14(7-9-15)18(23)19-10-16(22(2)3)13-4-5-13/h6-9,13,16H,4-5,10-11H2,1-3H3,(H,19,23). The van der Waals surface area contributed by atoms with Crippen LogP contribution < -0.4 is 10.1 Å². The van der Waals surface area contributed by atoms with Crippen molar-refractivity contribution >= 4 is 5.91 Å². The van der Waals surface area contributed by atoms with Gasteiger partial charge < -0.3 is 19.5 Å². The molecule has 3 rings (SSSR count). The number of carbonyl (C=O) groups excluding carboxylic acids is 1. The van der Waals surface area contributed by atoms with Gasteiger partial charge in [-0.3, -0.25) is 4.79 Å². The molecule has 0 aliphatic heterocycles. The lowest BCUT2D eigenvalue weighted by Crippen LogP contribution is -2.41. The third kappa shape index (κ3) is 4.79. The molecule has 0 radical (unpaired) electrons. The van der Waals surface area contributed by atoms with Gasteiger partial charge in [-0.2, -0.15) is 4.98 Å². The van der Waals surface area contributed by atoms with E-state index in [2.05, 4.69) is 34.5 Å². The van der Waals surface area contributed by atoms with E-state index in [0.29, 0.717) is 41.5 Å². The highest BCUT2D eigenvalue weighted by Crippen LogP contribution is 2.34. The minimum atomic E-state index is -0.0622. The molecule has 1 aliphatic carbocycles. The number of hydrogen-bond acceptors (Lipinski definition) is 6. The van der Waals surface area contributed by atoms with Gasteiger partial charge in [0.05, 0.1) is 0 Å². The first-order chi connectivity index (χ1) is 12.0. The molecule has 25 heavy (non-hydrogen) atoms. The van der Waals surface area contributed by atoms with Gasteiger partial charge in [-0.05, 0) is 57.1 Å². The summed E-state index contributed by atoms with van der Waals surface area (Å²) < 4.78 is 10.5. The Morgan fingerprint density at radius 1 is 1.36 bits per heavy atom. The molecule has 0 saturated heterocycles. The third-order valence-corrected chi connectivity index (χ3v) is 4.36. The van der Waals surface area contributed by atoms with Crippen molar-refractivity contribution in [1.82, 2.24) is 20.4 Å². The predicted molar refractivity (Wildman–Crippen MR) is 92.3 cm³/mol. The lowest BCUT2D eigenvalue weighted by Gasteiger charge is -2.24. The van der Waals surface area contributed by atoms with Gasteiger partial charge in [0.1, 0.15) is 5.75 Å². The van der Waals surface area contributed by atoms with Crippen molar-refractivity contribution < 1.29 is 14.1 Å². The van der Waals surface area contributed by atoms with Crippen LogP contribution in [0.1, 0.15) is 34.9 Å². The minimum absolute atomic E-state index is 0.0622. The number of likely N-dealkylation sites (N-methyl/N-ethyl adjacent to an activating group) is 1. The van der Waals surface area contributed by atoms with Crippen LogP contribution in [0, 0.1) is 12.8 Å². The van der Waals surface area contributed by atoms with Gasteiger partial charge in [0.2, 0.25) is 11.7 Å². The number of aromatic nitrogens is 2. The number of nitrogens with zero attached hydrogens (tertiary/aromatic N) is 3. The summed E-state index contributed by atoms with van der Waals surface area (Å²) >= 11 is 0. The highest BCUT2D eigenvalue weighted by Gasteiger charge is 2.32. The molecule has 1 amide bonds. The summed E-state index contributed by atoms with van der Waals surface area (Å²) in [7, 11) is 4.12. The molecule has 1 unspecified atom stereocenters. The average Bonchev–Trinajstić information content (AvgIpc) is 3.34. The Labute approximate surface area is 147 Å². The maximum absolute atomic E-state index is 12.3. The summed E-state index contributed by atoms with van der Waals surface area (Å²) in [6, 6.07) is 7.46. The number of benzene rings is 1. The van der Waals surface area contributed by atoms with Crippen molar-refractivity contribution in [2.24, 2.45) is 5.92 Å². The van der Waals surface area contributed by atoms with E-state index >= 15 is 0 Å². The smallest absolute Gasteiger partial charge is 0.251 e. The molecule has 1 atom stereocenters. The van der Waals surface area contributed by atoms with Crippen molar-refractivity contribution in [3.63, 3.8) is 0 Å². The molecule has 134 valence electrons. The van der Waals surface area contributed by atoms with Crippen LogP contribution >= 0.6 is 0 Å². The summed E-state index contributed by atoms with van der Waals surface area (Å²) in [5.74, 6) is 2.30. The van der Waals surface area contributed by atoms with Crippen LogP contribution in [-0.2, 0) is 6.61 Å². The van der Waals surface area contributed by atoms with E-state index in [1.54, 1.807) is 31.2 Å².